The lowest BCUT2D eigenvalue weighted by molar-refractivity contribution is 0.101. The number of hydrogen-bond donors (Lipinski definition) is 1. The molecule has 3 aromatic rings. The number of halogens is 1. The van der Waals surface area contributed by atoms with E-state index in [1.807, 2.05) is 5.38 Å². The van der Waals surface area contributed by atoms with Gasteiger partial charge >= 0.3 is 0 Å². The molecule has 1 aliphatic rings. The normalized spacial score (nSPS) is 13.9. The first-order valence-corrected chi connectivity index (χ1v) is 8.44. The highest BCUT2D eigenvalue weighted by molar-refractivity contribution is 7.14. The maximum atomic E-state index is 13.0. The van der Waals surface area contributed by atoms with E-state index in [4.69, 9.17) is 0 Å². The molecule has 1 saturated carbocycles. The first-order chi connectivity index (χ1) is 11.6. The van der Waals surface area contributed by atoms with Gasteiger partial charge in [0.25, 0.3) is 5.91 Å². The summed E-state index contributed by atoms with van der Waals surface area (Å²) in [5.41, 5.74) is 1.68. The van der Waals surface area contributed by atoms with Crippen LogP contribution in [-0.4, -0.2) is 25.7 Å². The fourth-order valence-corrected chi connectivity index (χ4v) is 3.16. The molecule has 0 aliphatic heterocycles. The first kappa shape index (κ1) is 14.9. The third-order valence-electron chi connectivity index (χ3n) is 3.78. The number of anilines is 1. The van der Waals surface area contributed by atoms with Gasteiger partial charge in [-0.25, -0.2) is 19.0 Å². The summed E-state index contributed by atoms with van der Waals surface area (Å²) in [6, 6.07) is 5.85. The van der Waals surface area contributed by atoms with Crippen LogP contribution in [0, 0.1) is 12.7 Å². The Morgan fingerprint density at radius 1 is 1.29 bits per heavy atom. The second-order valence-electron chi connectivity index (χ2n) is 5.68. The molecule has 0 bridgehead atoms. The van der Waals surface area contributed by atoms with Gasteiger partial charge in [0.05, 0.1) is 11.4 Å². The van der Waals surface area contributed by atoms with Gasteiger partial charge in [0.1, 0.15) is 11.6 Å². The standard InChI is InChI=1S/C16H14FN5OS/c1-9-18-14(21-22(9)12-6-4-11(17)5-7-12)15(23)20-16-19-13(8-24-16)10-2-3-10/h4-8,10H,2-3H2,1H3,(H,19,20,23). The van der Waals surface area contributed by atoms with Crippen LogP contribution in [0.2, 0.25) is 0 Å². The van der Waals surface area contributed by atoms with Crippen molar-refractivity contribution in [2.45, 2.75) is 25.7 Å². The molecular formula is C16H14FN5OS. The molecule has 2 aromatic heterocycles. The number of hydrogen-bond acceptors (Lipinski definition) is 5. The summed E-state index contributed by atoms with van der Waals surface area (Å²) < 4.78 is 14.5. The van der Waals surface area contributed by atoms with E-state index in [2.05, 4.69) is 20.4 Å². The van der Waals surface area contributed by atoms with Crippen LogP contribution >= 0.6 is 11.3 Å². The molecule has 122 valence electrons. The van der Waals surface area contributed by atoms with E-state index in [0.29, 0.717) is 22.6 Å². The van der Waals surface area contributed by atoms with E-state index in [9.17, 15) is 9.18 Å². The molecule has 0 unspecified atom stereocenters. The highest BCUT2D eigenvalue weighted by Crippen LogP contribution is 2.40. The Morgan fingerprint density at radius 2 is 2.04 bits per heavy atom. The Morgan fingerprint density at radius 3 is 2.75 bits per heavy atom. The van der Waals surface area contributed by atoms with Gasteiger partial charge in [-0.3, -0.25) is 10.1 Å². The number of benzene rings is 1. The third-order valence-corrected chi connectivity index (χ3v) is 4.56. The minimum Gasteiger partial charge on any atom is -0.295 e. The number of aromatic nitrogens is 4. The molecule has 1 amide bonds. The van der Waals surface area contributed by atoms with Crippen LogP contribution in [0.3, 0.4) is 0 Å². The van der Waals surface area contributed by atoms with E-state index in [-0.39, 0.29) is 11.6 Å². The summed E-state index contributed by atoms with van der Waals surface area (Å²) in [7, 11) is 0. The quantitative estimate of drug-likeness (QED) is 0.789. The number of aryl methyl sites for hydroxylation is 1. The summed E-state index contributed by atoms with van der Waals surface area (Å²) >= 11 is 1.40. The molecule has 1 aliphatic carbocycles. The number of carbonyl (C=O) groups excluding carboxylic acids is 1. The molecular weight excluding hydrogens is 329 g/mol. The van der Waals surface area contributed by atoms with Crippen molar-refractivity contribution >= 4 is 22.4 Å². The van der Waals surface area contributed by atoms with Crippen molar-refractivity contribution in [3.05, 3.63) is 52.8 Å². The molecule has 0 atom stereocenters. The number of nitrogens with zero attached hydrogens (tertiary/aromatic N) is 4. The van der Waals surface area contributed by atoms with Crippen LogP contribution in [0.4, 0.5) is 9.52 Å². The average Bonchev–Trinajstić information content (AvgIpc) is 3.19. The minimum atomic E-state index is -0.407. The van der Waals surface area contributed by atoms with Crippen LogP contribution in [0.1, 0.15) is 40.9 Å². The fourth-order valence-electron chi connectivity index (χ4n) is 2.38. The van der Waals surface area contributed by atoms with Crippen LogP contribution in [0.5, 0.6) is 0 Å². The van der Waals surface area contributed by atoms with Crippen molar-refractivity contribution in [3.63, 3.8) is 0 Å². The van der Waals surface area contributed by atoms with Crippen LogP contribution in [0.15, 0.2) is 29.6 Å². The molecule has 6 nitrogen and oxygen atoms in total. The molecule has 0 radical (unpaired) electrons. The summed E-state index contributed by atoms with van der Waals surface area (Å²) in [5.74, 6) is 0.412. The van der Waals surface area contributed by atoms with Crippen molar-refractivity contribution in [2.24, 2.45) is 0 Å². The first-order valence-electron chi connectivity index (χ1n) is 7.56. The highest BCUT2D eigenvalue weighted by Gasteiger charge is 2.26. The highest BCUT2D eigenvalue weighted by atomic mass is 32.1. The molecule has 2 heterocycles. The van der Waals surface area contributed by atoms with Crippen LogP contribution < -0.4 is 5.32 Å². The molecule has 4 rings (SSSR count). The lowest BCUT2D eigenvalue weighted by Gasteiger charge is -2.01. The molecule has 0 saturated heterocycles. The number of amides is 1. The Bertz CT molecular complexity index is 898. The number of nitrogens with one attached hydrogen (secondary N) is 1. The van der Waals surface area contributed by atoms with E-state index >= 15 is 0 Å². The van der Waals surface area contributed by atoms with Gasteiger partial charge in [-0.2, -0.15) is 0 Å². The van der Waals surface area contributed by atoms with Crippen LogP contribution in [-0.2, 0) is 0 Å². The van der Waals surface area contributed by atoms with Gasteiger partial charge in [-0.05, 0) is 44.0 Å². The van der Waals surface area contributed by atoms with E-state index in [1.54, 1.807) is 19.1 Å². The molecule has 1 fully saturated rings. The van der Waals surface area contributed by atoms with Crippen molar-refractivity contribution in [1.82, 2.24) is 19.7 Å². The smallest absolute Gasteiger partial charge is 0.295 e. The maximum Gasteiger partial charge on any atom is 0.297 e. The molecule has 24 heavy (non-hydrogen) atoms. The van der Waals surface area contributed by atoms with Gasteiger partial charge in [-0.15, -0.1) is 16.4 Å². The van der Waals surface area contributed by atoms with Gasteiger partial charge in [0.15, 0.2) is 5.13 Å². The van der Waals surface area contributed by atoms with Crippen molar-refractivity contribution < 1.29 is 9.18 Å². The second kappa shape index (κ2) is 5.79. The summed E-state index contributed by atoms with van der Waals surface area (Å²) in [5, 5.41) is 9.47. The predicted octanol–water partition coefficient (Wildman–Crippen LogP) is 3.30. The SMILES string of the molecule is Cc1nc(C(=O)Nc2nc(C3CC3)cs2)nn1-c1ccc(F)cc1. The van der Waals surface area contributed by atoms with Crippen LogP contribution in [0.25, 0.3) is 5.69 Å². The van der Waals surface area contributed by atoms with Crippen molar-refractivity contribution in [2.75, 3.05) is 5.32 Å². The second-order valence-corrected chi connectivity index (χ2v) is 6.53. The van der Waals surface area contributed by atoms with Gasteiger partial charge in [0, 0.05) is 11.3 Å². The Kier molecular flexibility index (Phi) is 3.61. The lowest BCUT2D eigenvalue weighted by atomic mass is 10.3. The van der Waals surface area contributed by atoms with Gasteiger partial charge in [0.2, 0.25) is 5.82 Å². The summed E-state index contributed by atoms with van der Waals surface area (Å²) in [6.45, 7) is 1.74. The van der Waals surface area contributed by atoms with E-state index in [0.717, 1.165) is 5.69 Å². The van der Waals surface area contributed by atoms with Crippen molar-refractivity contribution in [1.29, 1.82) is 0 Å². The molecule has 1 N–H and O–H groups in total. The Hall–Kier alpha value is -2.61. The molecule has 1 aromatic carbocycles. The van der Waals surface area contributed by atoms with Gasteiger partial charge in [-0.1, -0.05) is 0 Å². The summed E-state index contributed by atoms with van der Waals surface area (Å²) in [6.07, 6.45) is 2.33. The van der Waals surface area contributed by atoms with E-state index in [1.165, 1.54) is 41.0 Å². The number of carbonyl (C=O) groups is 1. The Labute approximate surface area is 141 Å². The predicted molar refractivity (Wildman–Crippen MR) is 88.1 cm³/mol. The number of rotatable bonds is 4. The number of thiazole rings is 1. The minimum absolute atomic E-state index is 0.0556. The zero-order chi connectivity index (χ0) is 16.7. The molecule has 0 spiro atoms. The fraction of sp³-hybridized carbons (Fsp3) is 0.250. The Balaban J connectivity index is 1.53. The maximum absolute atomic E-state index is 13.0. The third kappa shape index (κ3) is 2.92. The van der Waals surface area contributed by atoms with Crippen molar-refractivity contribution in [3.8, 4) is 5.69 Å². The van der Waals surface area contributed by atoms with Gasteiger partial charge < -0.3 is 0 Å². The lowest BCUT2D eigenvalue weighted by Crippen LogP contribution is -2.14. The average molecular weight is 343 g/mol. The molecule has 8 heteroatoms. The zero-order valence-corrected chi connectivity index (χ0v) is 13.7. The monoisotopic (exact) mass is 343 g/mol. The largest absolute Gasteiger partial charge is 0.297 e. The summed E-state index contributed by atoms with van der Waals surface area (Å²) in [4.78, 5) is 20.9. The topological polar surface area (TPSA) is 72.7 Å². The van der Waals surface area contributed by atoms with E-state index < -0.39 is 5.91 Å². The zero-order valence-electron chi connectivity index (χ0n) is 12.9.